The van der Waals surface area contributed by atoms with Crippen LogP contribution >= 0.6 is 0 Å². The van der Waals surface area contributed by atoms with E-state index < -0.39 is 10.0 Å². The number of pyridine rings is 1. The molecule has 0 spiro atoms. The molecule has 0 bridgehead atoms. The Morgan fingerprint density at radius 3 is 2.59 bits per heavy atom. The second-order valence-corrected chi connectivity index (χ2v) is 8.74. The molecule has 0 unspecified atom stereocenters. The summed E-state index contributed by atoms with van der Waals surface area (Å²) in [6.45, 7) is 0.810. The van der Waals surface area contributed by atoms with E-state index in [4.69, 9.17) is 0 Å². The highest BCUT2D eigenvalue weighted by Crippen LogP contribution is 2.31. The van der Waals surface area contributed by atoms with Gasteiger partial charge in [0.25, 0.3) is 15.9 Å². The lowest BCUT2D eigenvalue weighted by Gasteiger charge is -2.30. The summed E-state index contributed by atoms with van der Waals surface area (Å²) in [5.74, 6) is -0.263. The van der Waals surface area contributed by atoms with E-state index in [2.05, 4.69) is 10.3 Å². The maximum Gasteiger partial charge on any atom is 0.264 e. The smallest absolute Gasteiger partial charge is 0.264 e. The van der Waals surface area contributed by atoms with E-state index in [1.54, 1.807) is 30.6 Å². The fraction of sp³-hybridized carbons (Fsp3) is 0.182. The van der Waals surface area contributed by atoms with E-state index in [9.17, 15) is 13.2 Å². The topological polar surface area (TPSA) is 79.4 Å². The number of fused-ring (bicyclic) bond motifs is 1. The van der Waals surface area contributed by atoms with Gasteiger partial charge >= 0.3 is 0 Å². The number of carbonyl (C=O) groups excluding carboxylic acids is 1. The number of benzene rings is 2. The number of carbonyl (C=O) groups is 1. The Morgan fingerprint density at radius 1 is 1.03 bits per heavy atom. The van der Waals surface area contributed by atoms with Crippen molar-refractivity contribution >= 4 is 21.6 Å². The lowest BCUT2D eigenvalue weighted by atomic mass is 10.0. The molecule has 0 saturated heterocycles. The van der Waals surface area contributed by atoms with E-state index in [-0.39, 0.29) is 10.8 Å². The number of aryl methyl sites for hydroxylation is 1. The van der Waals surface area contributed by atoms with Gasteiger partial charge in [0.2, 0.25) is 0 Å². The summed E-state index contributed by atoms with van der Waals surface area (Å²) in [6, 6.07) is 17.3. The molecule has 0 saturated carbocycles. The molecule has 1 N–H and O–H groups in total. The standard InChI is InChI=1S/C22H21N3O3S/c26-22(24-16-17-5-3-13-23-15-17)19-9-11-20(12-10-19)29(27,28)25-14-4-7-18-6-1-2-8-21(18)25/h1-3,5-6,8-13,15H,4,7,14,16H2,(H,24,26). The third-order valence-electron chi connectivity index (χ3n) is 4.95. The van der Waals surface area contributed by atoms with Crippen LogP contribution in [-0.2, 0) is 23.0 Å². The van der Waals surface area contributed by atoms with E-state index in [0.29, 0.717) is 18.7 Å². The molecule has 0 aliphatic carbocycles. The Balaban J connectivity index is 1.51. The van der Waals surface area contributed by atoms with Crippen LogP contribution < -0.4 is 9.62 Å². The number of rotatable bonds is 5. The van der Waals surface area contributed by atoms with Crippen LogP contribution in [0, 0.1) is 0 Å². The number of para-hydroxylation sites is 1. The van der Waals surface area contributed by atoms with Gasteiger partial charge in [0, 0.05) is 31.0 Å². The van der Waals surface area contributed by atoms with Crippen LogP contribution in [0.25, 0.3) is 0 Å². The van der Waals surface area contributed by atoms with Crippen LogP contribution in [0.2, 0.25) is 0 Å². The van der Waals surface area contributed by atoms with Gasteiger partial charge in [0.1, 0.15) is 0 Å². The van der Waals surface area contributed by atoms with Crippen molar-refractivity contribution in [2.24, 2.45) is 0 Å². The number of aromatic nitrogens is 1. The number of anilines is 1. The molecule has 3 aromatic rings. The maximum absolute atomic E-state index is 13.2. The summed E-state index contributed by atoms with van der Waals surface area (Å²) in [5.41, 5.74) is 3.07. The first-order valence-corrected chi connectivity index (χ1v) is 10.9. The molecule has 2 heterocycles. The van der Waals surface area contributed by atoms with Crippen molar-refractivity contribution in [2.75, 3.05) is 10.8 Å². The van der Waals surface area contributed by atoms with Gasteiger partial charge in [-0.15, -0.1) is 0 Å². The van der Waals surface area contributed by atoms with Gasteiger partial charge in [-0.1, -0.05) is 24.3 Å². The minimum Gasteiger partial charge on any atom is -0.348 e. The highest BCUT2D eigenvalue weighted by Gasteiger charge is 2.28. The first-order valence-electron chi connectivity index (χ1n) is 9.43. The number of nitrogens with one attached hydrogen (secondary N) is 1. The highest BCUT2D eigenvalue weighted by molar-refractivity contribution is 7.92. The number of sulfonamides is 1. The lowest BCUT2D eigenvalue weighted by molar-refractivity contribution is 0.0951. The van der Waals surface area contributed by atoms with Gasteiger partial charge in [-0.05, 0) is 60.4 Å². The zero-order chi connectivity index (χ0) is 20.3. The zero-order valence-electron chi connectivity index (χ0n) is 15.8. The van der Waals surface area contributed by atoms with Crippen molar-refractivity contribution < 1.29 is 13.2 Å². The largest absolute Gasteiger partial charge is 0.348 e. The molecule has 1 aliphatic heterocycles. The Kier molecular flexibility index (Phi) is 5.31. The Bertz CT molecular complexity index is 1110. The Morgan fingerprint density at radius 2 is 1.83 bits per heavy atom. The maximum atomic E-state index is 13.2. The quantitative estimate of drug-likeness (QED) is 0.705. The fourth-order valence-electron chi connectivity index (χ4n) is 3.44. The molecule has 1 aromatic heterocycles. The fourth-order valence-corrected chi connectivity index (χ4v) is 4.98. The van der Waals surface area contributed by atoms with Crippen LogP contribution in [0.3, 0.4) is 0 Å². The average Bonchev–Trinajstić information content (AvgIpc) is 2.78. The van der Waals surface area contributed by atoms with Gasteiger partial charge in [0.15, 0.2) is 0 Å². The predicted molar refractivity (Wildman–Crippen MR) is 111 cm³/mol. The predicted octanol–water partition coefficient (Wildman–Crippen LogP) is 3.15. The second kappa shape index (κ2) is 8.05. The van der Waals surface area contributed by atoms with Crippen LogP contribution in [0.1, 0.15) is 27.9 Å². The van der Waals surface area contributed by atoms with Gasteiger partial charge in [0.05, 0.1) is 10.6 Å². The molecule has 0 atom stereocenters. The van der Waals surface area contributed by atoms with E-state index in [1.807, 2.05) is 30.3 Å². The molecule has 0 fully saturated rings. The molecule has 1 amide bonds. The van der Waals surface area contributed by atoms with E-state index >= 15 is 0 Å². The second-order valence-electron chi connectivity index (χ2n) is 6.88. The molecule has 0 radical (unpaired) electrons. The van der Waals surface area contributed by atoms with Crippen LogP contribution in [0.15, 0.2) is 78.0 Å². The molecule has 4 rings (SSSR count). The van der Waals surface area contributed by atoms with E-state index in [0.717, 1.165) is 29.7 Å². The minimum atomic E-state index is -3.68. The summed E-state index contributed by atoms with van der Waals surface area (Å²) in [5, 5.41) is 2.81. The van der Waals surface area contributed by atoms with Crippen molar-refractivity contribution in [1.82, 2.24) is 10.3 Å². The van der Waals surface area contributed by atoms with Crippen molar-refractivity contribution in [3.8, 4) is 0 Å². The van der Waals surface area contributed by atoms with E-state index in [1.165, 1.54) is 16.4 Å². The van der Waals surface area contributed by atoms with Crippen LogP contribution in [-0.4, -0.2) is 25.9 Å². The number of hydrogen-bond donors (Lipinski definition) is 1. The third kappa shape index (κ3) is 4.00. The normalized spacial score (nSPS) is 13.6. The lowest BCUT2D eigenvalue weighted by Crippen LogP contribution is -2.35. The molecule has 2 aromatic carbocycles. The van der Waals surface area contributed by atoms with Gasteiger partial charge < -0.3 is 5.32 Å². The SMILES string of the molecule is O=C(NCc1cccnc1)c1ccc(S(=O)(=O)N2CCCc3ccccc32)cc1. The summed E-state index contributed by atoms with van der Waals surface area (Å²) in [7, 11) is -3.68. The molecular weight excluding hydrogens is 386 g/mol. The number of hydrogen-bond acceptors (Lipinski definition) is 4. The van der Waals surface area contributed by atoms with Crippen LogP contribution in [0.5, 0.6) is 0 Å². The van der Waals surface area contributed by atoms with Crippen LogP contribution in [0.4, 0.5) is 5.69 Å². The average molecular weight is 407 g/mol. The minimum absolute atomic E-state index is 0.179. The summed E-state index contributed by atoms with van der Waals surface area (Å²) in [4.78, 5) is 16.5. The third-order valence-corrected chi connectivity index (χ3v) is 6.78. The molecule has 7 heteroatoms. The summed E-state index contributed by atoms with van der Waals surface area (Å²) >= 11 is 0. The zero-order valence-corrected chi connectivity index (χ0v) is 16.6. The first kappa shape index (κ1) is 19.1. The van der Waals surface area contributed by atoms with Crippen molar-refractivity contribution in [3.63, 3.8) is 0 Å². The summed E-state index contributed by atoms with van der Waals surface area (Å²) in [6.07, 6.45) is 5.01. The number of amides is 1. The molecule has 29 heavy (non-hydrogen) atoms. The van der Waals surface area contributed by atoms with Crippen molar-refractivity contribution in [1.29, 1.82) is 0 Å². The highest BCUT2D eigenvalue weighted by atomic mass is 32.2. The monoisotopic (exact) mass is 407 g/mol. The summed E-state index contributed by atoms with van der Waals surface area (Å²) < 4.78 is 27.8. The number of nitrogens with zero attached hydrogens (tertiary/aromatic N) is 2. The molecule has 6 nitrogen and oxygen atoms in total. The van der Waals surface area contributed by atoms with Gasteiger partial charge in [-0.3, -0.25) is 14.1 Å². The Hall–Kier alpha value is -3.19. The first-order chi connectivity index (χ1) is 14.1. The molecular formula is C22H21N3O3S. The van der Waals surface area contributed by atoms with Crippen molar-refractivity contribution in [2.45, 2.75) is 24.3 Å². The Labute approximate surface area is 170 Å². The van der Waals surface area contributed by atoms with Crippen molar-refractivity contribution in [3.05, 3.63) is 89.7 Å². The molecule has 1 aliphatic rings. The molecule has 148 valence electrons. The van der Waals surface area contributed by atoms with Gasteiger partial charge in [-0.25, -0.2) is 8.42 Å². The van der Waals surface area contributed by atoms with Gasteiger partial charge in [-0.2, -0.15) is 0 Å².